The quantitative estimate of drug-likeness (QED) is 0.397. The Kier molecular flexibility index (Phi) is 4.27. The minimum Gasteiger partial charge on any atom is -0.295 e. The fourth-order valence-corrected chi connectivity index (χ4v) is 3.31. The molecule has 0 saturated heterocycles. The third kappa shape index (κ3) is 3.00. The Labute approximate surface area is 160 Å². The number of rotatable bonds is 3. The van der Waals surface area contributed by atoms with Gasteiger partial charge >= 0.3 is 0 Å². The minimum atomic E-state index is 0.0404. The third-order valence-corrected chi connectivity index (χ3v) is 4.89. The van der Waals surface area contributed by atoms with Crippen LogP contribution in [0.5, 0.6) is 0 Å². The van der Waals surface area contributed by atoms with Crippen LogP contribution in [0, 0.1) is 0 Å². The average molecular weight is 381 g/mol. The SMILES string of the molecule is CC(=O)c1cccc(-c2ccc3nc(-c4ccc(Cl)cc4)c(Cl)n3c2)c1. The van der Waals surface area contributed by atoms with E-state index in [1.54, 1.807) is 6.92 Å². The highest BCUT2D eigenvalue weighted by atomic mass is 35.5. The molecule has 5 heteroatoms. The molecule has 0 aliphatic carbocycles. The summed E-state index contributed by atoms with van der Waals surface area (Å²) in [5, 5.41) is 1.20. The number of carbonyl (C=O) groups excluding carboxylic acids is 1. The Morgan fingerprint density at radius 2 is 1.65 bits per heavy atom. The summed E-state index contributed by atoms with van der Waals surface area (Å²) in [4.78, 5) is 16.3. The van der Waals surface area contributed by atoms with Crippen LogP contribution in [0.15, 0.2) is 66.9 Å². The molecular weight excluding hydrogens is 367 g/mol. The Bertz CT molecular complexity index is 1130. The molecule has 0 spiro atoms. The molecule has 0 N–H and O–H groups in total. The molecule has 128 valence electrons. The van der Waals surface area contributed by atoms with Crippen molar-refractivity contribution < 1.29 is 4.79 Å². The van der Waals surface area contributed by atoms with Crippen molar-refractivity contribution in [2.45, 2.75) is 6.92 Å². The van der Waals surface area contributed by atoms with Gasteiger partial charge in [0.05, 0.1) is 0 Å². The van der Waals surface area contributed by atoms with Crippen molar-refractivity contribution in [2.24, 2.45) is 0 Å². The summed E-state index contributed by atoms with van der Waals surface area (Å²) in [7, 11) is 0. The van der Waals surface area contributed by atoms with E-state index in [0.717, 1.165) is 22.3 Å². The second-order valence-corrected chi connectivity index (χ2v) is 6.84. The highest BCUT2D eigenvalue weighted by Gasteiger charge is 2.13. The summed E-state index contributed by atoms with van der Waals surface area (Å²) in [5.74, 6) is 0.0404. The van der Waals surface area contributed by atoms with Gasteiger partial charge in [-0.2, -0.15) is 0 Å². The van der Waals surface area contributed by atoms with Crippen molar-refractivity contribution >= 4 is 34.6 Å². The summed E-state index contributed by atoms with van der Waals surface area (Å²) in [6.07, 6.45) is 1.93. The van der Waals surface area contributed by atoms with Gasteiger partial charge in [-0.1, -0.05) is 53.5 Å². The summed E-state index contributed by atoms with van der Waals surface area (Å²) < 4.78 is 1.85. The Morgan fingerprint density at radius 1 is 0.923 bits per heavy atom. The number of carbonyl (C=O) groups is 1. The Hall–Kier alpha value is -2.62. The monoisotopic (exact) mass is 380 g/mol. The summed E-state index contributed by atoms with van der Waals surface area (Å²) >= 11 is 12.5. The topological polar surface area (TPSA) is 34.4 Å². The zero-order valence-corrected chi connectivity index (χ0v) is 15.4. The first-order valence-electron chi connectivity index (χ1n) is 8.08. The van der Waals surface area contributed by atoms with Crippen LogP contribution < -0.4 is 0 Å². The van der Waals surface area contributed by atoms with E-state index in [2.05, 4.69) is 4.98 Å². The average Bonchev–Trinajstić information content (AvgIpc) is 2.99. The van der Waals surface area contributed by atoms with Gasteiger partial charge in [-0.15, -0.1) is 0 Å². The molecule has 0 aliphatic heterocycles. The highest BCUT2D eigenvalue weighted by molar-refractivity contribution is 6.32. The van der Waals surface area contributed by atoms with Crippen LogP contribution in [0.3, 0.4) is 0 Å². The normalized spacial score (nSPS) is 11.0. The zero-order valence-electron chi connectivity index (χ0n) is 13.9. The predicted octanol–water partition coefficient (Wildman–Crippen LogP) is 6.18. The van der Waals surface area contributed by atoms with Gasteiger partial charge in [0.1, 0.15) is 16.5 Å². The van der Waals surface area contributed by atoms with Crippen molar-refractivity contribution in [3.05, 3.63) is 82.6 Å². The van der Waals surface area contributed by atoms with E-state index in [1.807, 2.05) is 71.3 Å². The smallest absolute Gasteiger partial charge is 0.159 e. The molecule has 0 fully saturated rings. The van der Waals surface area contributed by atoms with Gasteiger partial charge in [0.25, 0.3) is 0 Å². The van der Waals surface area contributed by atoms with E-state index in [9.17, 15) is 4.79 Å². The molecule has 0 bridgehead atoms. The maximum absolute atomic E-state index is 11.6. The first-order chi connectivity index (χ1) is 12.5. The van der Waals surface area contributed by atoms with Crippen LogP contribution in [0.1, 0.15) is 17.3 Å². The van der Waals surface area contributed by atoms with Crippen LogP contribution in [-0.4, -0.2) is 15.2 Å². The van der Waals surface area contributed by atoms with Crippen LogP contribution >= 0.6 is 23.2 Å². The van der Waals surface area contributed by atoms with Gasteiger partial charge in [-0.05, 0) is 48.4 Å². The standard InChI is InChI=1S/C21H14Cl2N2O/c1-13(26)15-3-2-4-16(11-15)17-7-10-19-24-20(21(23)25(19)12-17)14-5-8-18(22)9-6-14/h2-12H,1H3. The summed E-state index contributed by atoms with van der Waals surface area (Å²) in [6.45, 7) is 1.56. The van der Waals surface area contributed by atoms with Crippen molar-refractivity contribution in [2.75, 3.05) is 0 Å². The highest BCUT2D eigenvalue weighted by Crippen LogP contribution is 2.31. The first kappa shape index (κ1) is 16.8. The molecule has 4 rings (SSSR count). The number of hydrogen-bond acceptors (Lipinski definition) is 2. The zero-order chi connectivity index (χ0) is 18.3. The molecular formula is C21H14Cl2N2O. The van der Waals surface area contributed by atoms with Gasteiger partial charge in [0.2, 0.25) is 0 Å². The molecule has 2 aromatic carbocycles. The van der Waals surface area contributed by atoms with E-state index in [-0.39, 0.29) is 5.78 Å². The molecule has 0 saturated carbocycles. The number of hydrogen-bond donors (Lipinski definition) is 0. The van der Waals surface area contributed by atoms with E-state index in [0.29, 0.717) is 21.4 Å². The van der Waals surface area contributed by atoms with Crippen LogP contribution in [-0.2, 0) is 0 Å². The van der Waals surface area contributed by atoms with E-state index >= 15 is 0 Å². The van der Waals surface area contributed by atoms with Crippen molar-refractivity contribution in [3.63, 3.8) is 0 Å². The number of benzene rings is 2. The molecule has 0 unspecified atom stereocenters. The summed E-state index contributed by atoms with van der Waals surface area (Å²) in [5.41, 5.74) is 4.97. The van der Waals surface area contributed by atoms with Crippen molar-refractivity contribution in [3.8, 4) is 22.4 Å². The van der Waals surface area contributed by atoms with Crippen LogP contribution in [0.4, 0.5) is 0 Å². The number of fused-ring (bicyclic) bond motifs is 1. The molecule has 2 aromatic heterocycles. The number of aromatic nitrogens is 2. The lowest BCUT2D eigenvalue weighted by Gasteiger charge is -2.05. The number of imidazole rings is 1. The van der Waals surface area contributed by atoms with E-state index in [1.165, 1.54) is 0 Å². The predicted molar refractivity (Wildman–Crippen MR) is 106 cm³/mol. The first-order valence-corrected chi connectivity index (χ1v) is 8.83. The molecule has 0 radical (unpaired) electrons. The molecule has 3 nitrogen and oxygen atoms in total. The molecule has 2 heterocycles. The van der Waals surface area contributed by atoms with Crippen molar-refractivity contribution in [1.82, 2.24) is 9.38 Å². The molecule has 0 amide bonds. The number of nitrogens with zero attached hydrogens (tertiary/aromatic N) is 2. The fraction of sp³-hybridized carbons (Fsp3) is 0.0476. The molecule has 0 aliphatic rings. The number of pyridine rings is 1. The maximum Gasteiger partial charge on any atom is 0.159 e. The third-order valence-electron chi connectivity index (χ3n) is 4.28. The fourth-order valence-electron chi connectivity index (χ4n) is 2.90. The van der Waals surface area contributed by atoms with Crippen LogP contribution in [0.2, 0.25) is 10.2 Å². The molecule has 26 heavy (non-hydrogen) atoms. The van der Waals surface area contributed by atoms with Gasteiger partial charge in [0, 0.05) is 22.3 Å². The molecule has 4 aromatic rings. The van der Waals surface area contributed by atoms with Gasteiger partial charge in [-0.3, -0.25) is 9.20 Å². The minimum absolute atomic E-state index is 0.0404. The number of ketones is 1. The lowest BCUT2D eigenvalue weighted by atomic mass is 10.0. The Balaban J connectivity index is 1.83. The van der Waals surface area contributed by atoms with Crippen molar-refractivity contribution in [1.29, 1.82) is 0 Å². The summed E-state index contributed by atoms with van der Waals surface area (Å²) in [6, 6.07) is 18.9. The largest absolute Gasteiger partial charge is 0.295 e. The van der Waals surface area contributed by atoms with E-state index in [4.69, 9.17) is 23.2 Å². The maximum atomic E-state index is 11.6. The van der Waals surface area contributed by atoms with Gasteiger partial charge in [-0.25, -0.2) is 4.98 Å². The van der Waals surface area contributed by atoms with Crippen LogP contribution in [0.25, 0.3) is 28.0 Å². The van der Waals surface area contributed by atoms with Gasteiger partial charge < -0.3 is 0 Å². The lowest BCUT2D eigenvalue weighted by molar-refractivity contribution is 0.101. The number of Topliss-reactive ketones (excluding diaryl/α,β-unsaturated/α-hetero) is 1. The second kappa shape index (κ2) is 6.60. The lowest BCUT2D eigenvalue weighted by Crippen LogP contribution is -1.92. The second-order valence-electron chi connectivity index (χ2n) is 6.04. The Morgan fingerprint density at radius 3 is 2.38 bits per heavy atom. The van der Waals surface area contributed by atoms with E-state index < -0.39 is 0 Å². The molecule has 0 atom stereocenters. The van der Waals surface area contributed by atoms with Gasteiger partial charge in [0.15, 0.2) is 5.78 Å². The number of halogens is 2.